The van der Waals surface area contributed by atoms with Gasteiger partial charge in [0.15, 0.2) is 0 Å². The van der Waals surface area contributed by atoms with E-state index in [1.807, 2.05) is 0 Å². The molecule has 0 aromatic carbocycles. The van der Waals surface area contributed by atoms with E-state index in [4.69, 9.17) is 10.5 Å². The Kier molecular flexibility index (Phi) is 4.51. The summed E-state index contributed by atoms with van der Waals surface area (Å²) in [4.78, 5) is 15.3. The van der Waals surface area contributed by atoms with Crippen LogP contribution in [-0.2, 0) is 11.3 Å². The fourth-order valence-electron chi connectivity index (χ4n) is 1.41. The van der Waals surface area contributed by atoms with Gasteiger partial charge in [-0.15, -0.1) is 0 Å². The third kappa shape index (κ3) is 2.97. The third-order valence-corrected chi connectivity index (χ3v) is 2.31. The number of ether oxygens (including phenoxy) is 1. The van der Waals surface area contributed by atoms with Gasteiger partial charge in [0, 0.05) is 6.54 Å². The van der Waals surface area contributed by atoms with E-state index in [1.54, 1.807) is 13.8 Å². The quantitative estimate of drug-likeness (QED) is 0.822. The maximum atomic E-state index is 12.6. The van der Waals surface area contributed by atoms with Gasteiger partial charge in [-0.1, -0.05) is 0 Å². The number of carbonyl (C=O) groups excluding carboxylic acids is 1. The molecule has 0 radical (unpaired) electrons. The third-order valence-electron chi connectivity index (χ3n) is 2.31. The van der Waals surface area contributed by atoms with Gasteiger partial charge >= 0.3 is 5.97 Å². The van der Waals surface area contributed by atoms with Crippen LogP contribution < -0.4 is 5.73 Å². The summed E-state index contributed by atoms with van der Waals surface area (Å²) in [7, 11) is 0. The zero-order valence-corrected chi connectivity index (χ0v) is 9.67. The maximum absolute atomic E-state index is 12.6. The Balaban J connectivity index is 3.27. The molecule has 94 valence electrons. The number of nitrogens with two attached hydrogens (primary N) is 1. The standard InChI is InChI=1S/C11H14F2N2O2/c1-3-17-11(16)7-4-8(10(12)13)15-9(5-14)6(7)2/h4,10H,3,5,14H2,1-2H3. The average Bonchev–Trinajstić information content (AvgIpc) is 2.29. The largest absolute Gasteiger partial charge is 0.462 e. The smallest absolute Gasteiger partial charge is 0.338 e. The molecule has 6 heteroatoms. The van der Waals surface area contributed by atoms with Crippen LogP contribution in [0.1, 0.15) is 40.7 Å². The van der Waals surface area contributed by atoms with E-state index in [2.05, 4.69) is 4.98 Å². The highest BCUT2D eigenvalue weighted by atomic mass is 19.3. The number of nitrogens with zero attached hydrogens (tertiary/aromatic N) is 1. The van der Waals surface area contributed by atoms with Gasteiger partial charge in [0.2, 0.25) is 0 Å². The first-order chi connectivity index (χ1) is 8.01. The van der Waals surface area contributed by atoms with E-state index >= 15 is 0 Å². The Morgan fingerprint density at radius 1 is 1.59 bits per heavy atom. The normalized spacial score (nSPS) is 10.7. The van der Waals surface area contributed by atoms with Crippen molar-refractivity contribution < 1.29 is 18.3 Å². The van der Waals surface area contributed by atoms with Crippen LogP contribution in [0.4, 0.5) is 8.78 Å². The van der Waals surface area contributed by atoms with Gasteiger partial charge in [-0.25, -0.2) is 13.6 Å². The summed E-state index contributed by atoms with van der Waals surface area (Å²) in [5.74, 6) is -0.635. The molecular weight excluding hydrogens is 230 g/mol. The summed E-state index contributed by atoms with van der Waals surface area (Å²) >= 11 is 0. The highest BCUT2D eigenvalue weighted by molar-refractivity contribution is 5.91. The Hall–Kier alpha value is -1.56. The van der Waals surface area contributed by atoms with Gasteiger partial charge < -0.3 is 10.5 Å². The van der Waals surface area contributed by atoms with Crippen LogP contribution in [0.5, 0.6) is 0 Å². The zero-order chi connectivity index (χ0) is 13.0. The van der Waals surface area contributed by atoms with E-state index in [9.17, 15) is 13.6 Å². The monoisotopic (exact) mass is 244 g/mol. The fraction of sp³-hybridized carbons (Fsp3) is 0.455. The molecule has 0 spiro atoms. The first kappa shape index (κ1) is 13.5. The molecule has 0 atom stereocenters. The number of halogens is 2. The molecule has 0 amide bonds. The van der Waals surface area contributed by atoms with Crippen molar-refractivity contribution in [1.82, 2.24) is 4.98 Å². The lowest BCUT2D eigenvalue weighted by molar-refractivity contribution is 0.0524. The molecule has 1 heterocycles. The predicted molar refractivity (Wildman–Crippen MR) is 57.8 cm³/mol. The van der Waals surface area contributed by atoms with Crippen LogP contribution in [0.2, 0.25) is 0 Å². The van der Waals surface area contributed by atoms with E-state index < -0.39 is 18.1 Å². The molecule has 1 aromatic heterocycles. The van der Waals surface area contributed by atoms with Crippen molar-refractivity contribution in [2.45, 2.75) is 26.8 Å². The van der Waals surface area contributed by atoms with Crippen LogP contribution in [0.3, 0.4) is 0 Å². The van der Waals surface area contributed by atoms with E-state index in [0.29, 0.717) is 5.56 Å². The lowest BCUT2D eigenvalue weighted by Crippen LogP contribution is -2.13. The summed E-state index contributed by atoms with van der Waals surface area (Å²) < 4.78 is 30.0. The lowest BCUT2D eigenvalue weighted by Gasteiger charge is -2.11. The first-order valence-electron chi connectivity index (χ1n) is 5.17. The van der Waals surface area contributed by atoms with Gasteiger partial charge in [-0.05, 0) is 25.5 Å². The van der Waals surface area contributed by atoms with Crippen molar-refractivity contribution in [1.29, 1.82) is 0 Å². The Morgan fingerprint density at radius 2 is 2.24 bits per heavy atom. The molecule has 1 rings (SSSR count). The van der Waals surface area contributed by atoms with Crippen molar-refractivity contribution in [3.63, 3.8) is 0 Å². The second kappa shape index (κ2) is 5.67. The Labute approximate surface area is 97.8 Å². The number of esters is 1. The van der Waals surface area contributed by atoms with Gasteiger partial charge in [-0.3, -0.25) is 4.98 Å². The van der Waals surface area contributed by atoms with Crippen molar-refractivity contribution in [3.8, 4) is 0 Å². The second-order valence-corrected chi connectivity index (χ2v) is 3.39. The highest BCUT2D eigenvalue weighted by Crippen LogP contribution is 2.22. The van der Waals surface area contributed by atoms with E-state index in [-0.39, 0.29) is 24.4 Å². The van der Waals surface area contributed by atoms with Crippen LogP contribution in [0.15, 0.2) is 6.07 Å². The molecule has 0 aliphatic heterocycles. The lowest BCUT2D eigenvalue weighted by atomic mass is 10.1. The van der Waals surface area contributed by atoms with Gasteiger partial charge in [-0.2, -0.15) is 0 Å². The highest BCUT2D eigenvalue weighted by Gasteiger charge is 2.19. The molecule has 0 aliphatic rings. The topological polar surface area (TPSA) is 65.2 Å². The fourth-order valence-corrected chi connectivity index (χ4v) is 1.41. The molecule has 2 N–H and O–H groups in total. The van der Waals surface area contributed by atoms with Crippen LogP contribution in [0.25, 0.3) is 0 Å². The summed E-state index contributed by atoms with van der Waals surface area (Å²) in [6.07, 6.45) is -2.74. The summed E-state index contributed by atoms with van der Waals surface area (Å²) in [6, 6.07) is 1.05. The van der Waals surface area contributed by atoms with E-state index in [1.165, 1.54) is 0 Å². The van der Waals surface area contributed by atoms with Crippen molar-refractivity contribution in [2.75, 3.05) is 6.61 Å². The summed E-state index contributed by atoms with van der Waals surface area (Å²) in [6.45, 7) is 3.43. The van der Waals surface area contributed by atoms with Gasteiger partial charge in [0.05, 0.1) is 17.9 Å². The molecule has 0 saturated carbocycles. The Morgan fingerprint density at radius 3 is 2.71 bits per heavy atom. The molecule has 0 bridgehead atoms. The summed E-state index contributed by atoms with van der Waals surface area (Å²) in [5.41, 5.74) is 5.80. The number of pyridine rings is 1. The molecule has 0 unspecified atom stereocenters. The van der Waals surface area contributed by atoms with Crippen molar-refractivity contribution >= 4 is 5.97 Å². The number of carbonyl (C=O) groups is 1. The number of hydrogen-bond acceptors (Lipinski definition) is 4. The van der Waals surface area contributed by atoms with Crippen LogP contribution >= 0.6 is 0 Å². The maximum Gasteiger partial charge on any atom is 0.338 e. The zero-order valence-electron chi connectivity index (χ0n) is 9.67. The molecule has 4 nitrogen and oxygen atoms in total. The Bertz CT molecular complexity index is 422. The molecular formula is C11H14F2N2O2. The first-order valence-corrected chi connectivity index (χ1v) is 5.17. The SMILES string of the molecule is CCOC(=O)c1cc(C(F)F)nc(CN)c1C. The minimum Gasteiger partial charge on any atom is -0.462 e. The molecule has 17 heavy (non-hydrogen) atoms. The minimum absolute atomic E-state index is 0.00119. The number of aromatic nitrogens is 1. The number of alkyl halides is 2. The molecule has 0 aliphatic carbocycles. The average molecular weight is 244 g/mol. The molecule has 1 aromatic rings. The van der Waals surface area contributed by atoms with Crippen molar-refractivity contribution in [2.24, 2.45) is 5.73 Å². The summed E-state index contributed by atoms with van der Waals surface area (Å²) in [5, 5.41) is 0. The minimum atomic E-state index is -2.74. The molecule has 0 saturated heterocycles. The van der Waals surface area contributed by atoms with E-state index in [0.717, 1.165) is 6.07 Å². The number of rotatable bonds is 4. The number of hydrogen-bond donors (Lipinski definition) is 1. The van der Waals surface area contributed by atoms with Crippen LogP contribution in [-0.4, -0.2) is 17.6 Å². The van der Waals surface area contributed by atoms with Gasteiger partial charge in [0.1, 0.15) is 5.69 Å². The van der Waals surface area contributed by atoms with Crippen LogP contribution in [0, 0.1) is 6.92 Å². The second-order valence-electron chi connectivity index (χ2n) is 3.39. The van der Waals surface area contributed by atoms with Crippen molar-refractivity contribution in [3.05, 3.63) is 28.6 Å². The van der Waals surface area contributed by atoms with Gasteiger partial charge in [0.25, 0.3) is 6.43 Å². The predicted octanol–water partition coefficient (Wildman–Crippen LogP) is 1.96. The molecule has 0 fully saturated rings.